The molecular weight excluding hydrogens is 250 g/mol. The van der Waals surface area contributed by atoms with E-state index in [0.717, 1.165) is 5.69 Å². The number of hydrogen-bond donors (Lipinski definition) is 1. The molecule has 3 aromatic rings. The SMILES string of the molecule is Cc1ccc2cc(COc3ccccc3O)n(C)c2c1. The first kappa shape index (κ1) is 12.6. The zero-order valence-corrected chi connectivity index (χ0v) is 11.6. The molecule has 0 spiro atoms. The fourth-order valence-electron chi connectivity index (χ4n) is 2.37. The van der Waals surface area contributed by atoms with Gasteiger partial charge in [-0.25, -0.2) is 0 Å². The van der Waals surface area contributed by atoms with Crippen molar-refractivity contribution in [3.63, 3.8) is 0 Å². The van der Waals surface area contributed by atoms with E-state index in [-0.39, 0.29) is 5.75 Å². The number of aryl methyl sites for hydroxylation is 2. The predicted molar refractivity (Wildman–Crippen MR) is 80.1 cm³/mol. The normalized spacial score (nSPS) is 10.9. The number of phenolic OH excluding ortho intramolecular Hbond substituents is 1. The summed E-state index contributed by atoms with van der Waals surface area (Å²) in [5, 5.41) is 10.9. The summed E-state index contributed by atoms with van der Waals surface area (Å²) in [6, 6.07) is 15.5. The van der Waals surface area contributed by atoms with Gasteiger partial charge in [-0.2, -0.15) is 0 Å². The number of aromatic hydroxyl groups is 1. The van der Waals surface area contributed by atoms with E-state index in [2.05, 4.69) is 35.8 Å². The van der Waals surface area contributed by atoms with Crippen molar-refractivity contribution in [3.8, 4) is 11.5 Å². The molecule has 0 radical (unpaired) electrons. The van der Waals surface area contributed by atoms with Crippen LogP contribution in [0.2, 0.25) is 0 Å². The molecule has 0 aliphatic heterocycles. The van der Waals surface area contributed by atoms with Gasteiger partial charge >= 0.3 is 0 Å². The van der Waals surface area contributed by atoms with E-state index in [9.17, 15) is 5.11 Å². The Kier molecular flexibility index (Phi) is 3.11. The highest BCUT2D eigenvalue weighted by Gasteiger charge is 2.07. The van der Waals surface area contributed by atoms with Gasteiger partial charge in [0.25, 0.3) is 0 Å². The van der Waals surface area contributed by atoms with Gasteiger partial charge in [-0.05, 0) is 42.1 Å². The van der Waals surface area contributed by atoms with Gasteiger partial charge in [0.05, 0.1) is 5.69 Å². The van der Waals surface area contributed by atoms with Crippen LogP contribution >= 0.6 is 0 Å². The first-order chi connectivity index (χ1) is 9.65. The largest absolute Gasteiger partial charge is 0.504 e. The third kappa shape index (κ3) is 2.23. The molecule has 0 fully saturated rings. The van der Waals surface area contributed by atoms with Crippen LogP contribution in [-0.2, 0) is 13.7 Å². The van der Waals surface area contributed by atoms with Gasteiger partial charge in [-0.3, -0.25) is 0 Å². The van der Waals surface area contributed by atoms with E-state index < -0.39 is 0 Å². The number of nitrogens with zero attached hydrogens (tertiary/aromatic N) is 1. The topological polar surface area (TPSA) is 34.4 Å². The Bertz CT molecular complexity index is 759. The first-order valence-electron chi connectivity index (χ1n) is 6.61. The lowest BCUT2D eigenvalue weighted by atomic mass is 10.2. The molecule has 3 heteroatoms. The highest BCUT2D eigenvalue weighted by molar-refractivity contribution is 5.81. The molecule has 1 aromatic heterocycles. The predicted octanol–water partition coefficient (Wildman–Crippen LogP) is 3.77. The molecule has 102 valence electrons. The minimum Gasteiger partial charge on any atom is -0.504 e. The van der Waals surface area contributed by atoms with Crippen LogP contribution in [0.4, 0.5) is 0 Å². The van der Waals surface area contributed by atoms with Crippen LogP contribution in [0.5, 0.6) is 11.5 Å². The molecule has 3 nitrogen and oxygen atoms in total. The average Bonchev–Trinajstić information content (AvgIpc) is 2.75. The summed E-state index contributed by atoms with van der Waals surface area (Å²) in [6.45, 7) is 2.52. The van der Waals surface area contributed by atoms with Crippen molar-refractivity contribution in [1.29, 1.82) is 0 Å². The molecule has 0 saturated heterocycles. The van der Waals surface area contributed by atoms with Crippen molar-refractivity contribution in [2.75, 3.05) is 0 Å². The van der Waals surface area contributed by atoms with Crippen LogP contribution in [0.3, 0.4) is 0 Å². The smallest absolute Gasteiger partial charge is 0.161 e. The Morgan fingerprint density at radius 2 is 1.90 bits per heavy atom. The second-order valence-electron chi connectivity index (χ2n) is 5.01. The monoisotopic (exact) mass is 267 g/mol. The maximum Gasteiger partial charge on any atom is 0.161 e. The summed E-state index contributed by atoms with van der Waals surface area (Å²) < 4.78 is 7.82. The van der Waals surface area contributed by atoms with E-state index in [1.54, 1.807) is 18.2 Å². The van der Waals surface area contributed by atoms with E-state index in [4.69, 9.17) is 4.74 Å². The number of aromatic nitrogens is 1. The number of benzene rings is 2. The van der Waals surface area contributed by atoms with E-state index in [1.807, 2.05) is 13.1 Å². The first-order valence-corrected chi connectivity index (χ1v) is 6.61. The van der Waals surface area contributed by atoms with Gasteiger partial charge in [-0.1, -0.05) is 24.3 Å². The molecule has 0 atom stereocenters. The van der Waals surface area contributed by atoms with Crippen LogP contribution in [-0.4, -0.2) is 9.67 Å². The summed E-state index contributed by atoms with van der Waals surface area (Å²) in [5.74, 6) is 0.677. The summed E-state index contributed by atoms with van der Waals surface area (Å²) >= 11 is 0. The van der Waals surface area contributed by atoms with Crippen LogP contribution in [0.1, 0.15) is 11.3 Å². The van der Waals surface area contributed by atoms with Crippen molar-refractivity contribution in [2.45, 2.75) is 13.5 Å². The minimum atomic E-state index is 0.169. The second-order valence-corrected chi connectivity index (χ2v) is 5.01. The average molecular weight is 267 g/mol. The number of fused-ring (bicyclic) bond motifs is 1. The lowest BCUT2D eigenvalue weighted by Crippen LogP contribution is -2.01. The van der Waals surface area contributed by atoms with Crippen LogP contribution in [0.25, 0.3) is 10.9 Å². The van der Waals surface area contributed by atoms with E-state index in [0.29, 0.717) is 12.4 Å². The number of hydrogen-bond acceptors (Lipinski definition) is 2. The van der Waals surface area contributed by atoms with E-state index in [1.165, 1.54) is 16.5 Å². The Hall–Kier alpha value is -2.42. The maximum absolute atomic E-state index is 9.70. The standard InChI is InChI=1S/C17H17NO2/c1-12-7-8-13-10-14(18(2)15(13)9-12)11-20-17-6-4-3-5-16(17)19/h3-10,19H,11H2,1-2H3. The van der Waals surface area contributed by atoms with Gasteiger partial charge < -0.3 is 14.4 Å². The Labute approximate surface area is 118 Å². The second kappa shape index (κ2) is 4.93. The van der Waals surface area contributed by atoms with Gasteiger partial charge in [0.1, 0.15) is 6.61 Å². The molecule has 0 saturated carbocycles. The van der Waals surface area contributed by atoms with Crippen molar-refractivity contribution in [3.05, 3.63) is 59.8 Å². The molecule has 1 heterocycles. The third-order valence-corrected chi connectivity index (χ3v) is 3.54. The molecule has 0 bridgehead atoms. The zero-order chi connectivity index (χ0) is 14.1. The van der Waals surface area contributed by atoms with Crippen molar-refractivity contribution in [2.24, 2.45) is 7.05 Å². The number of para-hydroxylation sites is 2. The molecule has 0 aliphatic rings. The molecular formula is C17H17NO2. The number of ether oxygens (including phenoxy) is 1. The fraction of sp³-hybridized carbons (Fsp3) is 0.176. The molecule has 0 aliphatic carbocycles. The summed E-state index contributed by atoms with van der Waals surface area (Å²) in [4.78, 5) is 0. The number of phenols is 1. The van der Waals surface area contributed by atoms with Gasteiger partial charge in [0, 0.05) is 12.6 Å². The van der Waals surface area contributed by atoms with E-state index >= 15 is 0 Å². The van der Waals surface area contributed by atoms with Crippen molar-refractivity contribution >= 4 is 10.9 Å². The van der Waals surface area contributed by atoms with Crippen molar-refractivity contribution in [1.82, 2.24) is 4.57 Å². The maximum atomic E-state index is 9.70. The molecule has 0 unspecified atom stereocenters. The zero-order valence-electron chi connectivity index (χ0n) is 11.6. The molecule has 3 rings (SSSR count). The molecule has 2 aromatic carbocycles. The summed E-state index contributed by atoms with van der Waals surface area (Å²) in [6.07, 6.45) is 0. The lowest BCUT2D eigenvalue weighted by molar-refractivity contribution is 0.282. The highest BCUT2D eigenvalue weighted by atomic mass is 16.5. The Morgan fingerprint density at radius 1 is 1.10 bits per heavy atom. The molecule has 1 N–H and O–H groups in total. The van der Waals surface area contributed by atoms with Crippen LogP contribution < -0.4 is 4.74 Å². The molecule has 20 heavy (non-hydrogen) atoms. The quantitative estimate of drug-likeness (QED) is 0.783. The Morgan fingerprint density at radius 3 is 2.70 bits per heavy atom. The van der Waals surface area contributed by atoms with Gasteiger partial charge in [0.2, 0.25) is 0 Å². The lowest BCUT2D eigenvalue weighted by Gasteiger charge is -2.08. The Balaban J connectivity index is 1.88. The van der Waals surface area contributed by atoms with Crippen molar-refractivity contribution < 1.29 is 9.84 Å². The minimum absolute atomic E-state index is 0.169. The summed E-state index contributed by atoms with van der Waals surface area (Å²) in [5.41, 5.74) is 3.52. The van der Waals surface area contributed by atoms with Crippen LogP contribution in [0, 0.1) is 6.92 Å². The van der Waals surface area contributed by atoms with Gasteiger partial charge in [-0.15, -0.1) is 0 Å². The van der Waals surface area contributed by atoms with Gasteiger partial charge in [0.15, 0.2) is 11.5 Å². The molecule has 0 amide bonds. The van der Waals surface area contributed by atoms with Crippen LogP contribution in [0.15, 0.2) is 48.5 Å². The third-order valence-electron chi connectivity index (χ3n) is 3.54. The summed E-state index contributed by atoms with van der Waals surface area (Å²) in [7, 11) is 2.03. The fourth-order valence-corrected chi connectivity index (χ4v) is 2.37. The highest BCUT2D eigenvalue weighted by Crippen LogP contribution is 2.26. The number of rotatable bonds is 3.